The SMILES string of the molecule is CCN(C(=O)CSc1ncnc2ccsc12)c1cccc2ccccc12. The third-order valence-corrected chi connectivity index (χ3v) is 6.23. The molecule has 0 radical (unpaired) electrons. The summed E-state index contributed by atoms with van der Waals surface area (Å²) in [6, 6.07) is 16.2. The number of aromatic nitrogens is 2. The predicted molar refractivity (Wildman–Crippen MR) is 110 cm³/mol. The third kappa shape index (κ3) is 3.18. The number of amides is 1. The van der Waals surface area contributed by atoms with Crippen LogP contribution in [0.4, 0.5) is 5.69 Å². The molecule has 0 unspecified atom stereocenters. The topological polar surface area (TPSA) is 46.1 Å². The van der Waals surface area contributed by atoms with Crippen molar-refractivity contribution in [2.24, 2.45) is 0 Å². The fourth-order valence-corrected chi connectivity index (χ4v) is 4.82. The van der Waals surface area contributed by atoms with E-state index in [2.05, 4.69) is 28.2 Å². The molecule has 26 heavy (non-hydrogen) atoms. The zero-order valence-electron chi connectivity index (χ0n) is 14.3. The van der Waals surface area contributed by atoms with E-state index in [1.807, 2.05) is 47.5 Å². The Kier molecular flexibility index (Phi) is 4.86. The maximum absolute atomic E-state index is 12.9. The highest BCUT2D eigenvalue weighted by atomic mass is 32.2. The number of carbonyl (C=O) groups excluding carboxylic acids is 1. The van der Waals surface area contributed by atoms with Crippen molar-refractivity contribution in [2.75, 3.05) is 17.2 Å². The molecule has 4 rings (SSSR count). The molecule has 0 spiro atoms. The lowest BCUT2D eigenvalue weighted by molar-refractivity contribution is -0.116. The summed E-state index contributed by atoms with van der Waals surface area (Å²) >= 11 is 3.08. The Morgan fingerprint density at radius 2 is 1.96 bits per heavy atom. The number of fused-ring (bicyclic) bond motifs is 2. The van der Waals surface area contributed by atoms with Gasteiger partial charge in [0.25, 0.3) is 0 Å². The molecule has 0 saturated heterocycles. The first-order valence-electron chi connectivity index (χ1n) is 8.37. The molecular weight excluding hydrogens is 362 g/mol. The van der Waals surface area contributed by atoms with Gasteiger partial charge in [-0.1, -0.05) is 48.2 Å². The number of hydrogen-bond acceptors (Lipinski definition) is 5. The molecule has 0 bridgehead atoms. The Morgan fingerprint density at radius 3 is 2.85 bits per heavy atom. The number of benzene rings is 2. The lowest BCUT2D eigenvalue weighted by Crippen LogP contribution is -2.32. The van der Waals surface area contributed by atoms with Crippen molar-refractivity contribution in [3.8, 4) is 0 Å². The maximum atomic E-state index is 12.9. The van der Waals surface area contributed by atoms with Gasteiger partial charge in [-0.2, -0.15) is 0 Å². The average Bonchev–Trinajstić information content (AvgIpc) is 3.16. The first-order valence-corrected chi connectivity index (χ1v) is 10.2. The summed E-state index contributed by atoms with van der Waals surface area (Å²) in [5.41, 5.74) is 1.89. The first-order chi connectivity index (χ1) is 12.8. The van der Waals surface area contributed by atoms with Crippen molar-refractivity contribution >= 4 is 55.7 Å². The van der Waals surface area contributed by atoms with Crippen LogP contribution in [0.1, 0.15) is 6.92 Å². The van der Waals surface area contributed by atoms with Crippen molar-refractivity contribution in [1.29, 1.82) is 0 Å². The molecule has 0 fully saturated rings. The van der Waals surface area contributed by atoms with E-state index in [0.29, 0.717) is 12.3 Å². The highest BCUT2D eigenvalue weighted by molar-refractivity contribution is 8.00. The molecule has 2 aromatic carbocycles. The van der Waals surface area contributed by atoms with E-state index in [-0.39, 0.29) is 5.91 Å². The number of thioether (sulfide) groups is 1. The molecule has 2 heterocycles. The van der Waals surface area contributed by atoms with Gasteiger partial charge in [0.15, 0.2) is 0 Å². The molecule has 4 aromatic rings. The number of thiophene rings is 1. The molecule has 130 valence electrons. The average molecular weight is 380 g/mol. The minimum absolute atomic E-state index is 0.0807. The van der Waals surface area contributed by atoms with E-state index < -0.39 is 0 Å². The van der Waals surface area contributed by atoms with Crippen molar-refractivity contribution < 1.29 is 4.79 Å². The molecule has 0 saturated carbocycles. The standard InChI is InChI=1S/C20H17N3OS2/c1-2-23(17-9-5-7-14-6-3-4-8-15(14)17)18(24)12-26-20-19-16(10-11-25-19)21-13-22-20/h3-11,13H,2,12H2,1H3. The van der Waals surface area contributed by atoms with E-state index in [4.69, 9.17) is 0 Å². The number of nitrogens with zero attached hydrogens (tertiary/aromatic N) is 3. The Bertz CT molecular complexity index is 1070. The Labute approximate surface area is 159 Å². The summed E-state index contributed by atoms with van der Waals surface area (Å²) in [7, 11) is 0. The molecule has 0 atom stereocenters. The Hall–Kier alpha value is -2.44. The van der Waals surface area contributed by atoms with E-state index >= 15 is 0 Å². The van der Waals surface area contributed by atoms with Gasteiger partial charge in [-0.25, -0.2) is 9.97 Å². The van der Waals surface area contributed by atoms with Crippen LogP contribution in [-0.4, -0.2) is 28.2 Å². The van der Waals surface area contributed by atoms with Gasteiger partial charge in [-0.05, 0) is 29.8 Å². The summed E-state index contributed by atoms with van der Waals surface area (Å²) in [6.45, 7) is 2.64. The van der Waals surface area contributed by atoms with Crippen LogP contribution >= 0.6 is 23.1 Å². The van der Waals surface area contributed by atoms with Crippen molar-refractivity contribution in [2.45, 2.75) is 11.9 Å². The second-order valence-electron chi connectivity index (χ2n) is 5.74. The van der Waals surface area contributed by atoms with Crippen LogP contribution in [0.15, 0.2) is 65.3 Å². The van der Waals surface area contributed by atoms with Gasteiger partial charge in [0.05, 0.1) is 21.7 Å². The van der Waals surface area contributed by atoms with Crippen LogP contribution < -0.4 is 4.90 Å². The zero-order valence-corrected chi connectivity index (χ0v) is 15.9. The number of carbonyl (C=O) groups is 1. The van der Waals surface area contributed by atoms with Gasteiger partial charge in [-0.15, -0.1) is 11.3 Å². The number of anilines is 1. The van der Waals surface area contributed by atoms with Gasteiger partial charge in [-0.3, -0.25) is 4.79 Å². The smallest absolute Gasteiger partial charge is 0.237 e. The van der Waals surface area contributed by atoms with Crippen molar-refractivity contribution in [3.63, 3.8) is 0 Å². The largest absolute Gasteiger partial charge is 0.311 e. The summed E-state index contributed by atoms with van der Waals surface area (Å²) in [5.74, 6) is 0.429. The minimum atomic E-state index is 0.0807. The van der Waals surface area contributed by atoms with Crippen molar-refractivity contribution in [3.05, 3.63) is 60.2 Å². The van der Waals surface area contributed by atoms with Gasteiger partial charge < -0.3 is 4.90 Å². The fraction of sp³-hybridized carbons (Fsp3) is 0.150. The van der Waals surface area contributed by atoms with Crippen LogP contribution in [0, 0.1) is 0 Å². The number of rotatable bonds is 5. The summed E-state index contributed by atoms with van der Waals surface area (Å²) in [4.78, 5) is 23.4. The van der Waals surface area contributed by atoms with Crippen LogP contribution in [-0.2, 0) is 4.79 Å². The second-order valence-corrected chi connectivity index (χ2v) is 7.62. The molecule has 0 aliphatic heterocycles. The highest BCUT2D eigenvalue weighted by Crippen LogP contribution is 2.30. The lowest BCUT2D eigenvalue weighted by Gasteiger charge is -2.22. The second kappa shape index (κ2) is 7.43. The van der Waals surface area contributed by atoms with E-state index in [1.165, 1.54) is 11.8 Å². The normalized spacial score (nSPS) is 11.1. The summed E-state index contributed by atoms with van der Waals surface area (Å²) in [6.07, 6.45) is 1.56. The zero-order chi connectivity index (χ0) is 17.9. The highest BCUT2D eigenvalue weighted by Gasteiger charge is 2.17. The van der Waals surface area contributed by atoms with E-state index in [9.17, 15) is 4.79 Å². The monoisotopic (exact) mass is 379 g/mol. The Balaban J connectivity index is 1.58. The van der Waals surface area contributed by atoms with Gasteiger partial charge in [0.1, 0.15) is 11.4 Å². The molecule has 6 heteroatoms. The van der Waals surface area contributed by atoms with Crippen LogP contribution in [0.2, 0.25) is 0 Å². The molecule has 4 nitrogen and oxygen atoms in total. The predicted octanol–water partition coefficient (Wildman–Crippen LogP) is 4.99. The molecule has 0 aliphatic carbocycles. The van der Waals surface area contributed by atoms with Crippen LogP contribution in [0.5, 0.6) is 0 Å². The number of hydrogen-bond donors (Lipinski definition) is 0. The molecular formula is C20H17N3OS2. The molecule has 1 amide bonds. The minimum Gasteiger partial charge on any atom is -0.311 e. The van der Waals surface area contributed by atoms with E-state index in [1.54, 1.807) is 17.7 Å². The van der Waals surface area contributed by atoms with Crippen molar-refractivity contribution in [1.82, 2.24) is 9.97 Å². The summed E-state index contributed by atoms with van der Waals surface area (Å²) < 4.78 is 1.04. The van der Waals surface area contributed by atoms with Gasteiger partial charge in [0, 0.05) is 11.9 Å². The van der Waals surface area contributed by atoms with Gasteiger partial charge >= 0.3 is 0 Å². The first kappa shape index (κ1) is 17.0. The lowest BCUT2D eigenvalue weighted by atomic mass is 10.1. The maximum Gasteiger partial charge on any atom is 0.237 e. The van der Waals surface area contributed by atoms with Crippen LogP contribution in [0.25, 0.3) is 21.0 Å². The molecule has 0 aliphatic rings. The molecule has 0 N–H and O–H groups in total. The fourth-order valence-electron chi connectivity index (χ4n) is 3.00. The molecule has 2 aromatic heterocycles. The Morgan fingerprint density at radius 1 is 1.12 bits per heavy atom. The van der Waals surface area contributed by atoms with Gasteiger partial charge in [0.2, 0.25) is 5.91 Å². The summed E-state index contributed by atoms with van der Waals surface area (Å²) in [5, 5.41) is 5.10. The van der Waals surface area contributed by atoms with Crippen LogP contribution in [0.3, 0.4) is 0 Å². The quantitative estimate of drug-likeness (QED) is 0.362. The van der Waals surface area contributed by atoms with E-state index in [0.717, 1.165) is 31.7 Å². The third-order valence-electron chi connectivity index (χ3n) is 4.22.